The lowest BCUT2D eigenvalue weighted by Gasteiger charge is -2.21. The van der Waals surface area contributed by atoms with Crippen LogP contribution in [0.2, 0.25) is 0 Å². The van der Waals surface area contributed by atoms with Crippen LogP contribution in [-0.2, 0) is 5.60 Å². The minimum absolute atomic E-state index is 0.540. The normalized spacial score (nSPS) is 15.6. The highest BCUT2D eigenvalue weighted by Crippen LogP contribution is 2.24. The average Bonchev–Trinajstić information content (AvgIpc) is 2.18. The lowest BCUT2D eigenvalue weighted by Crippen LogP contribution is -2.22. The Morgan fingerprint density at radius 3 is 2.14 bits per heavy atom. The molecule has 78 valence electrons. The maximum atomic E-state index is 9.98. The standard InChI is InChI=1S/C12H17BrO/c1-9(2)10-4-6-11(7-5-10)12(3,14)8-13/h4-7,9,14H,8H2,1-3H3. The van der Waals surface area contributed by atoms with E-state index in [9.17, 15) is 5.11 Å². The van der Waals surface area contributed by atoms with Gasteiger partial charge in [0.15, 0.2) is 0 Å². The molecule has 0 heterocycles. The van der Waals surface area contributed by atoms with Gasteiger partial charge in [0.25, 0.3) is 0 Å². The van der Waals surface area contributed by atoms with Crippen LogP contribution < -0.4 is 0 Å². The van der Waals surface area contributed by atoms with Crippen LogP contribution in [0, 0.1) is 0 Å². The Kier molecular flexibility index (Phi) is 3.73. The Bertz CT molecular complexity index is 288. The van der Waals surface area contributed by atoms with Crippen molar-refractivity contribution in [2.45, 2.75) is 32.3 Å². The van der Waals surface area contributed by atoms with Crippen LogP contribution >= 0.6 is 15.9 Å². The molecule has 0 aromatic heterocycles. The van der Waals surface area contributed by atoms with Gasteiger partial charge >= 0.3 is 0 Å². The molecule has 1 aromatic carbocycles. The van der Waals surface area contributed by atoms with Crippen LogP contribution in [0.15, 0.2) is 24.3 Å². The summed E-state index contributed by atoms with van der Waals surface area (Å²) < 4.78 is 0. The summed E-state index contributed by atoms with van der Waals surface area (Å²) in [6, 6.07) is 8.15. The summed E-state index contributed by atoms with van der Waals surface area (Å²) in [4.78, 5) is 0. The van der Waals surface area contributed by atoms with E-state index in [1.807, 2.05) is 19.1 Å². The van der Waals surface area contributed by atoms with Crippen molar-refractivity contribution in [1.82, 2.24) is 0 Å². The molecular weight excluding hydrogens is 240 g/mol. The molecule has 0 aliphatic carbocycles. The summed E-state index contributed by atoms with van der Waals surface area (Å²) in [5, 5.41) is 10.5. The molecule has 1 aromatic rings. The molecule has 0 aliphatic heterocycles. The Hall–Kier alpha value is -0.340. The zero-order valence-corrected chi connectivity index (χ0v) is 10.5. The molecule has 0 fully saturated rings. The van der Waals surface area contributed by atoms with Crippen LogP contribution in [-0.4, -0.2) is 10.4 Å². The van der Waals surface area contributed by atoms with Crippen molar-refractivity contribution in [3.8, 4) is 0 Å². The largest absolute Gasteiger partial charge is 0.385 e. The van der Waals surface area contributed by atoms with E-state index in [4.69, 9.17) is 0 Å². The first-order valence-electron chi connectivity index (χ1n) is 4.86. The first-order chi connectivity index (χ1) is 6.47. The third-order valence-electron chi connectivity index (χ3n) is 2.46. The monoisotopic (exact) mass is 256 g/mol. The molecule has 0 aliphatic rings. The number of alkyl halides is 1. The minimum atomic E-state index is -0.768. The highest BCUT2D eigenvalue weighted by atomic mass is 79.9. The third-order valence-corrected chi connectivity index (χ3v) is 3.55. The smallest absolute Gasteiger partial charge is 0.0964 e. The Balaban J connectivity index is 2.94. The van der Waals surface area contributed by atoms with Crippen LogP contribution in [0.1, 0.15) is 37.8 Å². The first-order valence-corrected chi connectivity index (χ1v) is 5.98. The van der Waals surface area contributed by atoms with Gasteiger partial charge in [-0.2, -0.15) is 0 Å². The van der Waals surface area contributed by atoms with Crippen molar-refractivity contribution in [3.05, 3.63) is 35.4 Å². The summed E-state index contributed by atoms with van der Waals surface area (Å²) in [5.41, 5.74) is 1.49. The van der Waals surface area contributed by atoms with E-state index in [1.165, 1.54) is 5.56 Å². The fraction of sp³-hybridized carbons (Fsp3) is 0.500. The Labute approximate surface area is 94.3 Å². The third kappa shape index (κ3) is 2.58. The second kappa shape index (κ2) is 4.45. The van der Waals surface area contributed by atoms with Crippen LogP contribution in [0.5, 0.6) is 0 Å². The predicted octanol–water partition coefficient (Wildman–Crippen LogP) is 3.41. The molecule has 0 bridgehead atoms. The molecule has 1 unspecified atom stereocenters. The van der Waals surface area contributed by atoms with Crippen LogP contribution in [0.4, 0.5) is 0 Å². The van der Waals surface area contributed by atoms with E-state index >= 15 is 0 Å². The van der Waals surface area contributed by atoms with Gasteiger partial charge in [0, 0.05) is 5.33 Å². The topological polar surface area (TPSA) is 20.2 Å². The summed E-state index contributed by atoms with van der Waals surface area (Å²) >= 11 is 3.31. The highest BCUT2D eigenvalue weighted by Gasteiger charge is 2.20. The number of rotatable bonds is 3. The molecule has 0 saturated carbocycles. The lowest BCUT2D eigenvalue weighted by atomic mass is 9.94. The van der Waals surface area contributed by atoms with Gasteiger partial charge in [0.05, 0.1) is 5.60 Å². The summed E-state index contributed by atoms with van der Waals surface area (Å²) in [7, 11) is 0. The highest BCUT2D eigenvalue weighted by molar-refractivity contribution is 9.09. The van der Waals surface area contributed by atoms with E-state index in [0.717, 1.165) is 5.56 Å². The van der Waals surface area contributed by atoms with Crippen molar-refractivity contribution in [2.24, 2.45) is 0 Å². The first kappa shape index (κ1) is 11.7. The van der Waals surface area contributed by atoms with Crippen molar-refractivity contribution in [3.63, 3.8) is 0 Å². The van der Waals surface area contributed by atoms with E-state index in [1.54, 1.807) is 0 Å². The molecule has 2 heteroatoms. The quantitative estimate of drug-likeness (QED) is 0.823. The number of benzene rings is 1. The van der Waals surface area contributed by atoms with Gasteiger partial charge < -0.3 is 5.11 Å². The molecule has 0 amide bonds. The van der Waals surface area contributed by atoms with Crippen molar-refractivity contribution >= 4 is 15.9 Å². The van der Waals surface area contributed by atoms with Crippen molar-refractivity contribution in [2.75, 3.05) is 5.33 Å². The molecule has 0 saturated heterocycles. The van der Waals surface area contributed by atoms with Gasteiger partial charge in [-0.3, -0.25) is 0 Å². The summed E-state index contributed by atoms with van der Waals surface area (Å²) in [6.07, 6.45) is 0. The Morgan fingerprint density at radius 2 is 1.79 bits per heavy atom. The zero-order valence-electron chi connectivity index (χ0n) is 8.92. The molecule has 14 heavy (non-hydrogen) atoms. The number of halogens is 1. The second-order valence-electron chi connectivity index (χ2n) is 4.18. The minimum Gasteiger partial charge on any atom is -0.385 e. The van der Waals surface area contributed by atoms with E-state index in [2.05, 4.69) is 41.9 Å². The fourth-order valence-corrected chi connectivity index (χ4v) is 1.63. The van der Waals surface area contributed by atoms with E-state index in [0.29, 0.717) is 11.2 Å². The van der Waals surface area contributed by atoms with E-state index < -0.39 is 5.60 Å². The van der Waals surface area contributed by atoms with Gasteiger partial charge in [-0.15, -0.1) is 0 Å². The van der Waals surface area contributed by atoms with Gasteiger partial charge in [-0.1, -0.05) is 54.0 Å². The number of hydrogen-bond acceptors (Lipinski definition) is 1. The number of hydrogen-bond donors (Lipinski definition) is 1. The zero-order chi connectivity index (χ0) is 10.8. The molecule has 0 spiro atoms. The summed E-state index contributed by atoms with van der Waals surface area (Å²) in [5.74, 6) is 0.540. The molecule has 1 nitrogen and oxygen atoms in total. The Morgan fingerprint density at radius 1 is 1.29 bits per heavy atom. The average molecular weight is 257 g/mol. The summed E-state index contributed by atoms with van der Waals surface area (Å²) in [6.45, 7) is 6.14. The van der Waals surface area contributed by atoms with Gasteiger partial charge in [0.2, 0.25) is 0 Å². The molecule has 1 N–H and O–H groups in total. The molecule has 1 atom stereocenters. The molecular formula is C12H17BrO. The lowest BCUT2D eigenvalue weighted by molar-refractivity contribution is 0.0853. The van der Waals surface area contributed by atoms with Crippen LogP contribution in [0.3, 0.4) is 0 Å². The fourth-order valence-electron chi connectivity index (χ4n) is 1.30. The van der Waals surface area contributed by atoms with Crippen LogP contribution in [0.25, 0.3) is 0 Å². The van der Waals surface area contributed by atoms with Gasteiger partial charge in [-0.25, -0.2) is 0 Å². The maximum absolute atomic E-state index is 9.98. The maximum Gasteiger partial charge on any atom is 0.0964 e. The number of aliphatic hydroxyl groups is 1. The van der Waals surface area contributed by atoms with Gasteiger partial charge in [0.1, 0.15) is 0 Å². The predicted molar refractivity (Wildman–Crippen MR) is 63.9 cm³/mol. The molecule has 1 rings (SSSR count). The van der Waals surface area contributed by atoms with Gasteiger partial charge in [-0.05, 0) is 24.0 Å². The van der Waals surface area contributed by atoms with Crippen molar-refractivity contribution < 1.29 is 5.11 Å². The molecule has 0 radical (unpaired) electrons. The van der Waals surface area contributed by atoms with E-state index in [-0.39, 0.29) is 0 Å². The van der Waals surface area contributed by atoms with Crippen molar-refractivity contribution in [1.29, 1.82) is 0 Å². The SMILES string of the molecule is CC(C)c1ccc(C(C)(O)CBr)cc1. The second-order valence-corrected chi connectivity index (χ2v) is 4.74.